The van der Waals surface area contributed by atoms with Gasteiger partial charge in [-0.25, -0.2) is 13.4 Å². The highest BCUT2D eigenvalue weighted by atomic mass is 32.2. The normalized spacial score (nSPS) is 21.9. The highest BCUT2D eigenvalue weighted by Gasteiger charge is 2.42. The third-order valence-corrected chi connectivity index (χ3v) is 8.52. The van der Waals surface area contributed by atoms with Crippen LogP contribution < -0.4 is 10.9 Å². The van der Waals surface area contributed by atoms with Gasteiger partial charge in [0.1, 0.15) is 15.8 Å². The summed E-state index contributed by atoms with van der Waals surface area (Å²) < 4.78 is 25.6. The highest BCUT2D eigenvalue weighted by Crippen LogP contribution is 2.36. The number of carbonyl (C=O) groups is 1. The van der Waals surface area contributed by atoms with E-state index in [4.69, 9.17) is 12.2 Å². The SMILES string of the molecule is Cc1cccn2c(=O)c(/C=C3\SC(=S)N([C@H]4CCS(=O)(=O)C4)C3=O)c(NCC(C)C)nc12. The fourth-order valence-corrected chi connectivity index (χ4v) is 6.86. The second kappa shape index (κ2) is 8.60. The lowest BCUT2D eigenvalue weighted by Crippen LogP contribution is -2.39. The van der Waals surface area contributed by atoms with E-state index in [9.17, 15) is 18.0 Å². The summed E-state index contributed by atoms with van der Waals surface area (Å²) in [6.07, 6.45) is 3.54. The minimum Gasteiger partial charge on any atom is -0.369 e. The average molecular weight is 493 g/mol. The van der Waals surface area contributed by atoms with Crippen LogP contribution in [0.15, 0.2) is 28.0 Å². The molecule has 2 aromatic rings. The summed E-state index contributed by atoms with van der Waals surface area (Å²) in [5.41, 5.74) is 1.38. The molecule has 11 heteroatoms. The number of nitrogens with zero attached hydrogens (tertiary/aromatic N) is 3. The predicted octanol–water partition coefficient (Wildman–Crippen LogP) is 2.46. The van der Waals surface area contributed by atoms with Gasteiger partial charge in [0, 0.05) is 12.7 Å². The van der Waals surface area contributed by atoms with Crippen molar-refractivity contribution in [2.75, 3.05) is 23.4 Å². The van der Waals surface area contributed by atoms with E-state index >= 15 is 0 Å². The second-order valence-corrected chi connectivity index (χ2v) is 12.4. The van der Waals surface area contributed by atoms with Crippen LogP contribution in [0.4, 0.5) is 5.82 Å². The van der Waals surface area contributed by atoms with Crippen LogP contribution in [0, 0.1) is 12.8 Å². The molecule has 2 aliphatic heterocycles. The molecule has 2 saturated heterocycles. The maximum Gasteiger partial charge on any atom is 0.267 e. The van der Waals surface area contributed by atoms with Crippen molar-refractivity contribution in [3.8, 4) is 0 Å². The third kappa shape index (κ3) is 4.33. The Morgan fingerprint density at radius 1 is 1.38 bits per heavy atom. The molecule has 170 valence electrons. The molecule has 2 fully saturated rings. The zero-order valence-corrected chi connectivity index (χ0v) is 20.4. The summed E-state index contributed by atoms with van der Waals surface area (Å²) in [5.74, 6) is 0.319. The summed E-state index contributed by atoms with van der Waals surface area (Å²) in [5, 5.41) is 3.23. The molecule has 1 atom stereocenters. The van der Waals surface area contributed by atoms with Crippen molar-refractivity contribution >= 4 is 61.6 Å². The summed E-state index contributed by atoms with van der Waals surface area (Å²) in [6.45, 7) is 6.59. The Morgan fingerprint density at radius 3 is 2.78 bits per heavy atom. The molecule has 0 saturated carbocycles. The van der Waals surface area contributed by atoms with Crippen LogP contribution in [-0.4, -0.2) is 57.0 Å². The molecule has 4 heterocycles. The van der Waals surface area contributed by atoms with Crippen molar-refractivity contribution < 1.29 is 13.2 Å². The van der Waals surface area contributed by atoms with E-state index in [-0.39, 0.29) is 28.5 Å². The molecule has 0 aromatic carbocycles. The summed E-state index contributed by atoms with van der Waals surface area (Å²) in [6, 6.07) is 3.20. The van der Waals surface area contributed by atoms with Gasteiger partial charge in [-0.2, -0.15) is 0 Å². The number of anilines is 1. The van der Waals surface area contributed by atoms with Gasteiger partial charge >= 0.3 is 0 Å². The average Bonchev–Trinajstić information content (AvgIpc) is 3.20. The van der Waals surface area contributed by atoms with Gasteiger partial charge in [0.2, 0.25) is 0 Å². The maximum absolute atomic E-state index is 13.3. The highest BCUT2D eigenvalue weighted by molar-refractivity contribution is 8.26. The molecule has 1 amide bonds. The van der Waals surface area contributed by atoms with Crippen LogP contribution in [0.1, 0.15) is 31.4 Å². The number of hydrogen-bond acceptors (Lipinski definition) is 8. The van der Waals surface area contributed by atoms with Crippen molar-refractivity contribution in [2.45, 2.75) is 33.2 Å². The van der Waals surface area contributed by atoms with Crippen molar-refractivity contribution in [1.82, 2.24) is 14.3 Å². The van der Waals surface area contributed by atoms with Gasteiger partial charge in [-0.05, 0) is 37.0 Å². The molecule has 0 spiro atoms. The second-order valence-electron chi connectivity index (χ2n) is 8.45. The summed E-state index contributed by atoms with van der Waals surface area (Å²) in [4.78, 5) is 32.8. The van der Waals surface area contributed by atoms with Crippen LogP contribution in [0.3, 0.4) is 0 Å². The number of thioether (sulfide) groups is 1. The molecule has 4 rings (SSSR count). The Bertz CT molecular complexity index is 1310. The van der Waals surface area contributed by atoms with Crippen molar-refractivity contribution in [3.63, 3.8) is 0 Å². The van der Waals surface area contributed by atoms with Gasteiger partial charge in [-0.1, -0.05) is 43.9 Å². The van der Waals surface area contributed by atoms with Gasteiger partial charge in [-0.3, -0.25) is 18.9 Å². The smallest absolute Gasteiger partial charge is 0.267 e. The maximum atomic E-state index is 13.3. The van der Waals surface area contributed by atoms with Gasteiger partial charge in [-0.15, -0.1) is 0 Å². The minimum absolute atomic E-state index is 0.0480. The Morgan fingerprint density at radius 2 is 2.12 bits per heavy atom. The van der Waals surface area contributed by atoms with Gasteiger partial charge in [0.05, 0.1) is 28.0 Å². The minimum atomic E-state index is -3.17. The summed E-state index contributed by atoms with van der Waals surface area (Å²) in [7, 11) is -3.17. The number of hydrogen-bond donors (Lipinski definition) is 1. The first-order valence-electron chi connectivity index (χ1n) is 10.3. The van der Waals surface area contributed by atoms with E-state index in [1.807, 2.05) is 26.8 Å². The number of carbonyl (C=O) groups excluding carboxylic acids is 1. The van der Waals surface area contributed by atoms with Gasteiger partial charge in [0.15, 0.2) is 9.84 Å². The van der Waals surface area contributed by atoms with E-state index in [0.717, 1.165) is 17.3 Å². The monoisotopic (exact) mass is 492 g/mol. The Kier molecular flexibility index (Phi) is 6.17. The van der Waals surface area contributed by atoms with Crippen LogP contribution in [-0.2, 0) is 14.6 Å². The number of sulfone groups is 1. The van der Waals surface area contributed by atoms with Crippen LogP contribution in [0.2, 0.25) is 0 Å². The Hall–Kier alpha value is -2.24. The van der Waals surface area contributed by atoms with E-state index < -0.39 is 15.9 Å². The molecule has 0 bridgehead atoms. The van der Waals surface area contributed by atoms with Crippen molar-refractivity contribution in [3.05, 3.63) is 44.7 Å². The quantitative estimate of drug-likeness (QED) is 0.502. The molecule has 1 N–H and O–H groups in total. The number of rotatable bonds is 5. The molecule has 0 aliphatic carbocycles. The van der Waals surface area contributed by atoms with E-state index in [1.165, 1.54) is 15.4 Å². The number of fused-ring (bicyclic) bond motifs is 1. The molecule has 2 aliphatic rings. The molecule has 2 aromatic heterocycles. The standard InChI is InChI=1S/C21H24N4O4S3/c1-12(2)10-22-17-15(19(26)24-7-4-5-13(3)18(24)23-17)9-16-20(27)25(21(30)31-16)14-6-8-32(28,29)11-14/h4-5,7,9,12,14,22H,6,8,10-11H2,1-3H3/b16-9-/t14-/m0/s1. The van der Waals surface area contributed by atoms with E-state index in [0.29, 0.717) is 39.6 Å². The lowest BCUT2D eigenvalue weighted by atomic mass is 10.2. The van der Waals surface area contributed by atoms with Gasteiger partial charge in [0.25, 0.3) is 11.5 Å². The molecular formula is C21H24N4O4S3. The van der Waals surface area contributed by atoms with E-state index in [1.54, 1.807) is 12.3 Å². The first-order chi connectivity index (χ1) is 15.1. The fraction of sp³-hybridized carbons (Fsp3) is 0.429. The molecule has 8 nitrogen and oxygen atoms in total. The number of nitrogens with one attached hydrogen (secondary N) is 1. The summed E-state index contributed by atoms with van der Waals surface area (Å²) >= 11 is 6.47. The number of aryl methyl sites for hydroxylation is 1. The number of amides is 1. The zero-order valence-electron chi connectivity index (χ0n) is 18.0. The van der Waals surface area contributed by atoms with Crippen molar-refractivity contribution in [2.24, 2.45) is 5.92 Å². The number of thiocarbonyl (C=S) groups is 1. The lowest BCUT2D eigenvalue weighted by molar-refractivity contribution is -0.123. The van der Waals surface area contributed by atoms with Crippen molar-refractivity contribution in [1.29, 1.82) is 0 Å². The van der Waals surface area contributed by atoms with Crippen LogP contribution in [0.5, 0.6) is 0 Å². The first kappa shape index (κ1) is 22.9. The van der Waals surface area contributed by atoms with Crippen LogP contribution >= 0.6 is 24.0 Å². The molecule has 0 radical (unpaired) electrons. The molecular weight excluding hydrogens is 468 g/mol. The third-order valence-electron chi connectivity index (χ3n) is 5.43. The fourth-order valence-electron chi connectivity index (χ4n) is 3.78. The lowest BCUT2D eigenvalue weighted by Gasteiger charge is -2.20. The zero-order chi connectivity index (χ0) is 23.2. The largest absolute Gasteiger partial charge is 0.369 e. The Labute approximate surface area is 196 Å². The van der Waals surface area contributed by atoms with Gasteiger partial charge < -0.3 is 5.32 Å². The number of pyridine rings is 1. The van der Waals surface area contributed by atoms with Crippen LogP contribution in [0.25, 0.3) is 11.7 Å². The van der Waals surface area contributed by atoms with E-state index in [2.05, 4.69) is 10.3 Å². The molecule has 0 unspecified atom stereocenters. The topological polar surface area (TPSA) is 101 Å². The first-order valence-corrected chi connectivity index (χ1v) is 13.4. The Balaban J connectivity index is 1.78. The number of aromatic nitrogens is 2. The molecule has 32 heavy (non-hydrogen) atoms. The predicted molar refractivity (Wildman–Crippen MR) is 132 cm³/mol.